The molecule has 1 atom stereocenters. The standard InChI is InChI=1S/C11H19N3O3S/c1-11(2,17-5)8(9(15)12-3)14(4)7-6-18-10(16)13-7/h8H,6H2,1-5H3,(H,12,15)/t8-/m1/s1. The average molecular weight is 273 g/mol. The smallest absolute Gasteiger partial charge is 0.306 e. The van der Waals surface area contributed by atoms with Crippen molar-refractivity contribution >= 4 is 28.7 Å². The lowest BCUT2D eigenvalue weighted by atomic mass is 9.96. The summed E-state index contributed by atoms with van der Waals surface area (Å²) in [6.07, 6.45) is 0. The maximum absolute atomic E-state index is 12.0. The molecule has 0 aliphatic carbocycles. The monoisotopic (exact) mass is 273 g/mol. The summed E-state index contributed by atoms with van der Waals surface area (Å²) in [5, 5.41) is 2.39. The largest absolute Gasteiger partial charge is 0.376 e. The number of thioether (sulfide) groups is 1. The molecular formula is C11H19N3O3S. The van der Waals surface area contributed by atoms with Crippen molar-refractivity contribution < 1.29 is 14.3 Å². The van der Waals surface area contributed by atoms with E-state index in [9.17, 15) is 9.59 Å². The summed E-state index contributed by atoms with van der Waals surface area (Å²) >= 11 is 1.13. The zero-order valence-corrected chi connectivity index (χ0v) is 12.1. The summed E-state index contributed by atoms with van der Waals surface area (Å²) in [5.74, 6) is 0.919. The van der Waals surface area contributed by atoms with E-state index in [0.717, 1.165) is 11.8 Å². The van der Waals surface area contributed by atoms with E-state index >= 15 is 0 Å². The van der Waals surface area contributed by atoms with Gasteiger partial charge in [0.25, 0.3) is 0 Å². The van der Waals surface area contributed by atoms with Gasteiger partial charge in [-0.05, 0) is 13.8 Å². The van der Waals surface area contributed by atoms with Gasteiger partial charge in [-0.25, -0.2) is 0 Å². The Labute approximate surface area is 111 Å². The number of likely N-dealkylation sites (N-methyl/N-ethyl adjacent to an activating group) is 2. The molecule has 0 aromatic heterocycles. The van der Waals surface area contributed by atoms with Gasteiger partial charge in [0.15, 0.2) is 0 Å². The minimum atomic E-state index is -0.687. The third kappa shape index (κ3) is 3.02. The van der Waals surface area contributed by atoms with Crippen LogP contribution in [0.2, 0.25) is 0 Å². The molecule has 1 aliphatic rings. The molecule has 18 heavy (non-hydrogen) atoms. The minimum Gasteiger partial charge on any atom is -0.376 e. The van der Waals surface area contributed by atoms with Crippen LogP contribution in [0.1, 0.15) is 13.8 Å². The Morgan fingerprint density at radius 1 is 1.61 bits per heavy atom. The lowest BCUT2D eigenvalue weighted by Crippen LogP contribution is -2.58. The summed E-state index contributed by atoms with van der Waals surface area (Å²) in [5.41, 5.74) is -0.687. The number of hydrogen-bond donors (Lipinski definition) is 1. The van der Waals surface area contributed by atoms with Crippen molar-refractivity contribution in [2.45, 2.75) is 25.5 Å². The van der Waals surface area contributed by atoms with Crippen molar-refractivity contribution in [2.75, 3.05) is 27.0 Å². The fourth-order valence-electron chi connectivity index (χ4n) is 1.83. The molecule has 0 fully saturated rings. The van der Waals surface area contributed by atoms with Gasteiger partial charge in [0, 0.05) is 21.2 Å². The molecule has 0 spiro atoms. The van der Waals surface area contributed by atoms with Gasteiger partial charge in [-0.1, -0.05) is 11.8 Å². The minimum absolute atomic E-state index is 0.170. The topological polar surface area (TPSA) is 71.0 Å². The van der Waals surface area contributed by atoms with Gasteiger partial charge in [0.1, 0.15) is 11.9 Å². The molecule has 6 nitrogen and oxygen atoms in total. The zero-order valence-electron chi connectivity index (χ0n) is 11.3. The first-order valence-electron chi connectivity index (χ1n) is 5.57. The number of methoxy groups -OCH3 is 1. The van der Waals surface area contributed by atoms with Crippen LogP contribution in [0.3, 0.4) is 0 Å². The number of carbonyl (C=O) groups excluding carboxylic acids is 2. The number of rotatable bonds is 4. The van der Waals surface area contributed by atoms with Crippen molar-refractivity contribution in [3.63, 3.8) is 0 Å². The second-order valence-corrected chi connectivity index (χ2v) is 5.44. The molecule has 0 saturated carbocycles. The summed E-state index contributed by atoms with van der Waals surface area (Å²) < 4.78 is 5.38. The van der Waals surface area contributed by atoms with E-state index in [2.05, 4.69) is 10.3 Å². The second kappa shape index (κ2) is 5.71. The third-order valence-electron chi connectivity index (χ3n) is 3.02. The highest BCUT2D eigenvalue weighted by Gasteiger charge is 2.40. The molecule has 7 heteroatoms. The molecule has 1 aliphatic heterocycles. The van der Waals surface area contributed by atoms with E-state index in [4.69, 9.17) is 4.74 Å². The van der Waals surface area contributed by atoms with Crippen LogP contribution in [-0.4, -0.2) is 60.5 Å². The third-order valence-corrected chi connectivity index (χ3v) is 3.76. The first-order valence-corrected chi connectivity index (χ1v) is 6.56. The lowest BCUT2D eigenvalue weighted by molar-refractivity contribution is -0.133. The average Bonchev–Trinajstić information content (AvgIpc) is 2.75. The Balaban J connectivity index is 3.00. The Kier molecular flexibility index (Phi) is 4.75. The van der Waals surface area contributed by atoms with Crippen molar-refractivity contribution in [1.82, 2.24) is 10.2 Å². The van der Waals surface area contributed by atoms with Crippen LogP contribution >= 0.6 is 11.8 Å². The first kappa shape index (κ1) is 15.0. The van der Waals surface area contributed by atoms with Gasteiger partial charge in [-0.2, -0.15) is 4.99 Å². The van der Waals surface area contributed by atoms with Crippen LogP contribution < -0.4 is 5.32 Å². The Morgan fingerprint density at radius 2 is 2.22 bits per heavy atom. The van der Waals surface area contributed by atoms with E-state index < -0.39 is 11.6 Å². The molecule has 0 saturated heterocycles. The lowest BCUT2D eigenvalue weighted by Gasteiger charge is -2.38. The normalized spacial score (nSPS) is 17.4. The van der Waals surface area contributed by atoms with E-state index in [1.807, 2.05) is 13.8 Å². The fraction of sp³-hybridized carbons (Fsp3) is 0.727. The highest BCUT2D eigenvalue weighted by Crippen LogP contribution is 2.23. The molecule has 1 N–H and O–H groups in total. The maximum atomic E-state index is 12.0. The molecule has 0 aromatic carbocycles. The number of carbonyl (C=O) groups is 2. The van der Waals surface area contributed by atoms with Crippen LogP contribution in [0.5, 0.6) is 0 Å². The second-order valence-electron chi connectivity index (χ2n) is 4.52. The van der Waals surface area contributed by atoms with E-state index in [1.54, 1.807) is 26.1 Å². The van der Waals surface area contributed by atoms with Gasteiger partial charge in [0.05, 0.1) is 11.4 Å². The highest BCUT2D eigenvalue weighted by molar-refractivity contribution is 8.14. The SMILES string of the molecule is CNC(=O)[C@@H](N(C)C1=NC(=O)SC1)C(C)(C)OC. The number of nitrogens with zero attached hydrogens (tertiary/aromatic N) is 2. The van der Waals surface area contributed by atoms with Crippen molar-refractivity contribution in [2.24, 2.45) is 4.99 Å². The summed E-state index contributed by atoms with van der Waals surface area (Å²) in [7, 11) is 4.88. The summed E-state index contributed by atoms with van der Waals surface area (Å²) in [4.78, 5) is 28.8. The Morgan fingerprint density at radius 3 is 2.61 bits per heavy atom. The first-order chi connectivity index (χ1) is 8.33. The van der Waals surface area contributed by atoms with Crippen LogP contribution in [-0.2, 0) is 9.53 Å². The molecule has 1 heterocycles. The van der Waals surface area contributed by atoms with Gasteiger partial charge in [0.2, 0.25) is 5.91 Å². The van der Waals surface area contributed by atoms with Gasteiger partial charge >= 0.3 is 5.24 Å². The highest BCUT2D eigenvalue weighted by atomic mass is 32.2. The fourth-order valence-corrected chi connectivity index (χ4v) is 2.52. The predicted molar refractivity (Wildman–Crippen MR) is 72.0 cm³/mol. The van der Waals surface area contributed by atoms with E-state index in [-0.39, 0.29) is 11.1 Å². The van der Waals surface area contributed by atoms with Crippen LogP contribution in [0, 0.1) is 0 Å². The molecule has 0 bridgehead atoms. The number of aliphatic imine (C=N–C) groups is 1. The van der Waals surface area contributed by atoms with Gasteiger partial charge in [-0.15, -0.1) is 0 Å². The number of ether oxygens (including phenoxy) is 1. The molecular weight excluding hydrogens is 254 g/mol. The zero-order chi connectivity index (χ0) is 13.9. The Bertz CT molecular complexity index is 382. The molecule has 0 aromatic rings. The Hall–Kier alpha value is -1.08. The van der Waals surface area contributed by atoms with Crippen LogP contribution in [0.4, 0.5) is 4.79 Å². The molecule has 2 amide bonds. The molecule has 0 unspecified atom stereocenters. The predicted octanol–water partition coefficient (Wildman–Crippen LogP) is 0.723. The molecule has 1 rings (SSSR count). The molecule has 102 valence electrons. The van der Waals surface area contributed by atoms with Crippen molar-refractivity contribution in [3.05, 3.63) is 0 Å². The van der Waals surface area contributed by atoms with E-state index in [1.165, 1.54) is 0 Å². The van der Waals surface area contributed by atoms with Crippen molar-refractivity contribution in [3.8, 4) is 0 Å². The summed E-state index contributed by atoms with van der Waals surface area (Å²) in [6, 6.07) is -0.544. The number of nitrogens with one attached hydrogen (secondary N) is 1. The maximum Gasteiger partial charge on any atom is 0.306 e. The van der Waals surface area contributed by atoms with E-state index in [0.29, 0.717) is 11.6 Å². The number of amidine groups is 1. The van der Waals surface area contributed by atoms with Crippen molar-refractivity contribution in [1.29, 1.82) is 0 Å². The van der Waals surface area contributed by atoms with Gasteiger partial charge < -0.3 is 15.0 Å². The van der Waals surface area contributed by atoms with Crippen LogP contribution in [0.25, 0.3) is 0 Å². The number of hydrogen-bond acceptors (Lipinski definition) is 5. The van der Waals surface area contributed by atoms with Gasteiger partial charge in [-0.3, -0.25) is 9.59 Å². The summed E-state index contributed by atoms with van der Waals surface area (Å²) in [6.45, 7) is 3.65. The molecule has 0 radical (unpaired) electrons. The van der Waals surface area contributed by atoms with Crippen LogP contribution in [0.15, 0.2) is 4.99 Å². The number of amides is 2. The quantitative estimate of drug-likeness (QED) is 0.817.